The molecule has 2 amide bonds. The zero-order valence-corrected chi connectivity index (χ0v) is 15.8. The number of anilines is 1. The van der Waals surface area contributed by atoms with E-state index in [1.807, 2.05) is 18.2 Å². The number of para-hydroxylation sites is 1. The summed E-state index contributed by atoms with van der Waals surface area (Å²) in [6.45, 7) is 0. The van der Waals surface area contributed by atoms with Gasteiger partial charge in [0, 0.05) is 18.3 Å². The van der Waals surface area contributed by atoms with Crippen LogP contribution in [0.25, 0.3) is 0 Å². The molecule has 0 bridgehead atoms. The van der Waals surface area contributed by atoms with Crippen LogP contribution < -0.4 is 5.32 Å². The molecule has 1 heterocycles. The molecule has 7 heteroatoms. The number of likely N-dealkylation sites (N-methyl/N-ethyl adjacent to an activating group) is 1. The fraction of sp³-hybridized carbons (Fsp3) is 0.300. The second kappa shape index (κ2) is 6.49. The Balaban J connectivity index is 1.91. The van der Waals surface area contributed by atoms with Crippen molar-refractivity contribution in [1.29, 1.82) is 0 Å². The summed E-state index contributed by atoms with van der Waals surface area (Å²) in [6.07, 6.45) is 3.26. The summed E-state index contributed by atoms with van der Waals surface area (Å²) in [5, 5.41) is 2.85. The highest BCUT2D eigenvalue weighted by Gasteiger charge is 2.38. The third-order valence-corrected chi connectivity index (χ3v) is 7.14. The number of sulfonamides is 1. The lowest BCUT2D eigenvalue weighted by Crippen LogP contribution is -2.40. The Bertz CT molecular complexity index is 1050. The van der Waals surface area contributed by atoms with Crippen molar-refractivity contribution in [3.63, 3.8) is 0 Å². The van der Waals surface area contributed by atoms with Gasteiger partial charge in [0.15, 0.2) is 0 Å². The van der Waals surface area contributed by atoms with Crippen molar-refractivity contribution >= 4 is 27.5 Å². The second-order valence-electron chi connectivity index (χ2n) is 6.94. The first-order valence-corrected chi connectivity index (χ1v) is 10.4. The molecule has 140 valence electrons. The number of hydrogen-bond acceptors (Lipinski definition) is 4. The lowest BCUT2D eigenvalue weighted by Gasteiger charge is -2.30. The molecular formula is C20H20N2O4S. The SMILES string of the molecule is CN1C(=O)Cc2c(cc3c(c2C(=O)Nc2ccccc2)CCCC3)S1(=O)=O. The van der Waals surface area contributed by atoms with Gasteiger partial charge < -0.3 is 5.32 Å². The van der Waals surface area contributed by atoms with Crippen molar-refractivity contribution in [3.05, 3.63) is 58.7 Å². The van der Waals surface area contributed by atoms with Crippen molar-refractivity contribution in [3.8, 4) is 0 Å². The van der Waals surface area contributed by atoms with Gasteiger partial charge >= 0.3 is 0 Å². The standard InChI is InChI=1S/C20H20N2O4S/c1-22-18(23)12-16-17(27(22,25)26)11-13-7-5-6-10-15(13)19(16)20(24)21-14-8-3-2-4-9-14/h2-4,8-9,11H,5-7,10,12H2,1H3,(H,21,24). The average molecular weight is 384 g/mol. The van der Waals surface area contributed by atoms with Gasteiger partial charge in [0.25, 0.3) is 15.9 Å². The number of nitrogens with one attached hydrogen (secondary N) is 1. The number of aryl methyl sites for hydroxylation is 1. The number of carbonyl (C=O) groups is 2. The van der Waals surface area contributed by atoms with Gasteiger partial charge in [0.2, 0.25) is 5.91 Å². The fourth-order valence-corrected chi connectivity index (χ4v) is 5.27. The Morgan fingerprint density at radius 2 is 1.78 bits per heavy atom. The number of nitrogens with zero attached hydrogens (tertiary/aromatic N) is 1. The van der Waals surface area contributed by atoms with Crippen molar-refractivity contribution in [2.75, 3.05) is 12.4 Å². The van der Waals surface area contributed by atoms with Crippen LogP contribution in [0.15, 0.2) is 41.3 Å². The van der Waals surface area contributed by atoms with Crippen molar-refractivity contribution in [1.82, 2.24) is 4.31 Å². The highest BCUT2D eigenvalue weighted by molar-refractivity contribution is 7.89. The molecule has 1 aliphatic carbocycles. The summed E-state index contributed by atoms with van der Waals surface area (Å²) in [5.41, 5.74) is 3.08. The summed E-state index contributed by atoms with van der Waals surface area (Å²) in [6, 6.07) is 10.7. The number of fused-ring (bicyclic) bond motifs is 2. The van der Waals surface area contributed by atoms with Crippen LogP contribution in [-0.2, 0) is 34.1 Å². The largest absolute Gasteiger partial charge is 0.322 e. The summed E-state index contributed by atoms with van der Waals surface area (Å²) < 4.78 is 26.4. The molecular weight excluding hydrogens is 364 g/mol. The summed E-state index contributed by atoms with van der Waals surface area (Å²) >= 11 is 0. The van der Waals surface area contributed by atoms with Crippen LogP contribution in [0.1, 0.15) is 39.9 Å². The Labute approximate surface area is 158 Å². The Kier molecular flexibility index (Phi) is 4.26. The molecule has 27 heavy (non-hydrogen) atoms. The quantitative estimate of drug-likeness (QED) is 0.862. The van der Waals surface area contributed by atoms with E-state index in [-0.39, 0.29) is 17.2 Å². The molecule has 0 fully saturated rings. The van der Waals surface area contributed by atoms with E-state index < -0.39 is 15.9 Å². The van der Waals surface area contributed by atoms with E-state index in [2.05, 4.69) is 5.32 Å². The molecule has 1 N–H and O–H groups in total. The third kappa shape index (κ3) is 2.92. The second-order valence-corrected chi connectivity index (χ2v) is 8.87. The Hall–Kier alpha value is -2.67. The number of amides is 2. The maximum absolute atomic E-state index is 13.1. The molecule has 2 aliphatic rings. The van der Waals surface area contributed by atoms with E-state index in [9.17, 15) is 18.0 Å². The molecule has 2 aromatic rings. The minimum atomic E-state index is -3.93. The monoisotopic (exact) mass is 384 g/mol. The van der Waals surface area contributed by atoms with Crippen molar-refractivity contribution < 1.29 is 18.0 Å². The van der Waals surface area contributed by atoms with Crippen LogP contribution in [0.2, 0.25) is 0 Å². The van der Waals surface area contributed by atoms with Gasteiger partial charge in [-0.15, -0.1) is 0 Å². The molecule has 0 saturated heterocycles. The molecule has 1 aliphatic heterocycles. The molecule has 0 unspecified atom stereocenters. The maximum atomic E-state index is 13.1. The number of carbonyl (C=O) groups excluding carboxylic acids is 2. The molecule has 0 aromatic heterocycles. The van der Waals surface area contributed by atoms with E-state index in [0.29, 0.717) is 23.2 Å². The van der Waals surface area contributed by atoms with Gasteiger partial charge in [0.05, 0.1) is 11.3 Å². The van der Waals surface area contributed by atoms with Gasteiger partial charge in [-0.25, -0.2) is 12.7 Å². The van der Waals surface area contributed by atoms with Crippen molar-refractivity contribution in [2.24, 2.45) is 0 Å². The lowest BCUT2D eigenvalue weighted by atomic mass is 9.84. The number of hydrogen-bond donors (Lipinski definition) is 1. The first-order chi connectivity index (χ1) is 12.9. The minimum Gasteiger partial charge on any atom is -0.322 e. The molecule has 0 spiro atoms. The van der Waals surface area contributed by atoms with Gasteiger partial charge in [-0.3, -0.25) is 9.59 Å². The first-order valence-electron chi connectivity index (χ1n) is 8.95. The topological polar surface area (TPSA) is 83.6 Å². The van der Waals surface area contributed by atoms with E-state index in [0.717, 1.165) is 34.7 Å². The zero-order valence-electron chi connectivity index (χ0n) is 15.0. The zero-order chi connectivity index (χ0) is 19.2. The fourth-order valence-electron chi connectivity index (χ4n) is 3.86. The molecule has 2 aromatic carbocycles. The minimum absolute atomic E-state index is 0.0865. The smallest absolute Gasteiger partial charge is 0.266 e. The van der Waals surface area contributed by atoms with Crippen LogP contribution in [0.4, 0.5) is 5.69 Å². The normalized spacial score (nSPS) is 17.8. The Morgan fingerprint density at radius 1 is 1.07 bits per heavy atom. The number of benzene rings is 2. The van der Waals surface area contributed by atoms with Crippen LogP contribution in [0, 0.1) is 0 Å². The molecule has 0 atom stereocenters. The Morgan fingerprint density at radius 3 is 2.52 bits per heavy atom. The van der Waals surface area contributed by atoms with Gasteiger partial charge in [-0.2, -0.15) is 0 Å². The molecule has 0 saturated carbocycles. The third-order valence-electron chi connectivity index (χ3n) is 5.29. The first kappa shape index (κ1) is 17.7. The van der Waals surface area contributed by atoms with Crippen LogP contribution in [0.5, 0.6) is 0 Å². The summed E-state index contributed by atoms with van der Waals surface area (Å²) in [7, 11) is -2.66. The van der Waals surface area contributed by atoms with E-state index in [4.69, 9.17) is 0 Å². The summed E-state index contributed by atoms with van der Waals surface area (Å²) in [4.78, 5) is 25.5. The van der Waals surface area contributed by atoms with E-state index in [1.165, 1.54) is 7.05 Å². The van der Waals surface area contributed by atoms with Crippen molar-refractivity contribution in [2.45, 2.75) is 37.0 Å². The van der Waals surface area contributed by atoms with E-state index >= 15 is 0 Å². The molecule has 6 nitrogen and oxygen atoms in total. The van der Waals surface area contributed by atoms with Crippen LogP contribution >= 0.6 is 0 Å². The summed E-state index contributed by atoms with van der Waals surface area (Å²) in [5.74, 6) is -0.879. The number of rotatable bonds is 2. The van der Waals surface area contributed by atoms with Gasteiger partial charge in [-0.1, -0.05) is 18.2 Å². The maximum Gasteiger partial charge on any atom is 0.266 e. The highest BCUT2D eigenvalue weighted by Crippen LogP contribution is 2.36. The lowest BCUT2D eigenvalue weighted by molar-refractivity contribution is -0.125. The van der Waals surface area contributed by atoms with Crippen LogP contribution in [0.3, 0.4) is 0 Å². The van der Waals surface area contributed by atoms with Gasteiger partial charge in [-0.05, 0) is 60.6 Å². The highest BCUT2D eigenvalue weighted by atomic mass is 32.2. The predicted molar refractivity (Wildman–Crippen MR) is 101 cm³/mol. The molecule has 4 rings (SSSR count). The van der Waals surface area contributed by atoms with Gasteiger partial charge in [0.1, 0.15) is 0 Å². The van der Waals surface area contributed by atoms with E-state index in [1.54, 1.807) is 18.2 Å². The average Bonchev–Trinajstić information content (AvgIpc) is 2.66. The molecule has 0 radical (unpaired) electrons. The van der Waals surface area contributed by atoms with Crippen LogP contribution in [-0.4, -0.2) is 31.6 Å². The predicted octanol–water partition coefficient (Wildman–Crippen LogP) is 2.52.